The molecule has 2 unspecified atom stereocenters. The average Bonchev–Trinajstić information content (AvgIpc) is 2.47. The quantitative estimate of drug-likeness (QED) is 0.843. The van der Waals surface area contributed by atoms with Gasteiger partial charge < -0.3 is 5.32 Å². The fraction of sp³-hybridized carbons (Fsp3) is 0.647. The molecule has 2 nitrogen and oxygen atoms in total. The molecule has 1 aromatic carbocycles. The van der Waals surface area contributed by atoms with E-state index in [1.54, 1.807) is 5.56 Å². The van der Waals surface area contributed by atoms with Crippen molar-refractivity contribution in [3.63, 3.8) is 0 Å². The van der Waals surface area contributed by atoms with Crippen molar-refractivity contribution in [1.29, 1.82) is 0 Å². The van der Waals surface area contributed by atoms with Crippen molar-refractivity contribution < 1.29 is 0 Å². The van der Waals surface area contributed by atoms with Gasteiger partial charge in [-0.3, -0.25) is 4.90 Å². The second-order valence-electron chi connectivity index (χ2n) is 5.46. The number of benzene rings is 1. The second kappa shape index (κ2) is 7.06. The van der Waals surface area contributed by atoms with Crippen LogP contribution in [0.2, 0.25) is 0 Å². The molecule has 2 heteroatoms. The predicted molar refractivity (Wildman–Crippen MR) is 82.5 cm³/mol. The first-order valence-corrected chi connectivity index (χ1v) is 7.87. The summed E-state index contributed by atoms with van der Waals surface area (Å²) in [7, 11) is 0. The highest BCUT2D eigenvalue weighted by molar-refractivity contribution is 5.34. The number of fused-ring (bicyclic) bond motifs is 1. The predicted octanol–water partition coefficient (Wildman–Crippen LogP) is 3.38. The molecule has 2 rings (SSSR count). The minimum absolute atomic E-state index is 0.504. The number of rotatable bonds is 6. The Hall–Kier alpha value is -0.860. The molecule has 0 heterocycles. The van der Waals surface area contributed by atoms with Crippen LogP contribution in [0, 0.1) is 0 Å². The zero-order valence-electron chi connectivity index (χ0n) is 12.7. The highest BCUT2D eigenvalue weighted by Gasteiger charge is 2.31. The van der Waals surface area contributed by atoms with Gasteiger partial charge in [0.05, 0.1) is 0 Å². The highest BCUT2D eigenvalue weighted by Crippen LogP contribution is 2.32. The van der Waals surface area contributed by atoms with Gasteiger partial charge in [0.2, 0.25) is 0 Å². The molecule has 0 fully saturated rings. The zero-order valence-corrected chi connectivity index (χ0v) is 12.7. The largest absolute Gasteiger partial charge is 0.309 e. The summed E-state index contributed by atoms with van der Waals surface area (Å²) in [5, 5.41) is 3.78. The van der Waals surface area contributed by atoms with Crippen molar-refractivity contribution in [2.24, 2.45) is 0 Å². The van der Waals surface area contributed by atoms with Crippen LogP contribution >= 0.6 is 0 Å². The van der Waals surface area contributed by atoms with E-state index in [1.165, 1.54) is 24.8 Å². The molecule has 1 aliphatic carbocycles. The first-order chi connectivity index (χ1) is 9.31. The molecule has 19 heavy (non-hydrogen) atoms. The molecule has 0 aromatic heterocycles. The molecule has 0 bridgehead atoms. The van der Waals surface area contributed by atoms with Crippen molar-refractivity contribution in [1.82, 2.24) is 10.2 Å². The summed E-state index contributed by atoms with van der Waals surface area (Å²) in [4.78, 5) is 2.61. The van der Waals surface area contributed by atoms with Gasteiger partial charge in [0, 0.05) is 12.1 Å². The maximum atomic E-state index is 3.78. The maximum Gasteiger partial charge on any atom is 0.0481 e. The molecule has 0 radical (unpaired) electrons. The lowest BCUT2D eigenvalue weighted by Gasteiger charge is -2.40. The van der Waals surface area contributed by atoms with E-state index < -0.39 is 0 Å². The van der Waals surface area contributed by atoms with Crippen LogP contribution in [0.3, 0.4) is 0 Å². The molecular weight excluding hydrogens is 232 g/mol. The number of nitrogens with one attached hydrogen (secondary N) is 1. The van der Waals surface area contributed by atoms with Gasteiger partial charge in [-0.1, -0.05) is 45.0 Å². The fourth-order valence-electron chi connectivity index (χ4n) is 3.37. The first-order valence-electron chi connectivity index (χ1n) is 7.87. The van der Waals surface area contributed by atoms with E-state index in [-0.39, 0.29) is 0 Å². The summed E-state index contributed by atoms with van der Waals surface area (Å²) >= 11 is 0. The molecule has 1 aromatic rings. The Balaban J connectivity index is 2.25. The van der Waals surface area contributed by atoms with Crippen molar-refractivity contribution in [2.45, 2.75) is 52.1 Å². The summed E-state index contributed by atoms with van der Waals surface area (Å²) in [5.74, 6) is 0. The van der Waals surface area contributed by atoms with Gasteiger partial charge in [-0.05, 0) is 50.0 Å². The van der Waals surface area contributed by atoms with Crippen molar-refractivity contribution in [2.75, 3.05) is 19.6 Å². The third-order valence-electron chi connectivity index (χ3n) is 4.38. The smallest absolute Gasteiger partial charge is 0.0481 e. The van der Waals surface area contributed by atoms with Gasteiger partial charge in [0.1, 0.15) is 0 Å². The van der Waals surface area contributed by atoms with E-state index in [0.29, 0.717) is 12.1 Å². The lowest BCUT2D eigenvalue weighted by molar-refractivity contribution is 0.154. The van der Waals surface area contributed by atoms with Crippen LogP contribution < -0.4 is 5.32 Å². The Bertz CT molecular complexity index is 385. The van der Waals surface area contributed by atoms with Crippen molar-refractivity contribution in [3.05, 3.63) is 35.4 Å². The minimum atomic E-state index is 0.504. The van der Waals surface area contributed by atoms with E-state index >= 15 is 0 Å². The van der Waals surface area contributed by atoms with E-state index in [0.717, 1.165) is 19.6 Å². The third kappa shape index (κ3) is 3.18. The van der Waals surface area contributed by atoms with Gasteiger partial charge in [0.25, 0.3) is 0 Å². The van der Waals surface area contributed by atoms with Gasteiger partial charge in [-0.25, -0.2) is 0 Å². The molecular formula is C17H28N2. The molecule has 0 saturated heterocycles. The van der Waals surface area contributed by atoms with Crippen molar-refractivity contribution in [3.8, 4) is 0 Å². The van der Waals surface area contributed by atoms with Crippen LogP contribution in [0.25, 0.3) is 0 Å². The number of hydrogen-bond acceptors (Lipinski definition) is 2. The van der Waals surface area contributed by atoms with Crippen molar-refractivity contribution >= 4 is 0 Å². The lowest BCUT2D eigenvalue weighted by Crippen LogP contribution is -2.47. The fourth-order valence-corrected chi connectivity index (χ4v) is 3.37. The molecule has 0 saturated carbocycles. The number of hydrogen-bond donors (Lipinski definition) is 1. The minimum Gasteiger partial charge on any atom is -0.309 e. The molecule has 2 atom stereocenters. The Morgan fingerprint density at radius 3 is 2.58 bits per heavy atom. The maximum absolute atomic E-state index is 3.78. The van der Waals surface area contributed by atoms with Gasteiger partial charge in [0.15, 0.2) is 0 Å². The van der Waals surface area contributed by atoms with Gasteiger partial charge in [-0.2, -0.15) is 0 Å². The van der Waals surface area contributed by atoms with Crippen LogP contribution in [0.15, 0.2) is 24.3 Å². The van der Waals surface area contributed by atoms with Crippen LogP contribution in [-0.2, 0) is 6.42 Å². The topological polar surface area (TPSA) is 15.3 Å². The molecule has 0 spiro atoms. The SMILES string of the molecule is CCCNC1c2ccccc2CCC1N(CC)CC. The standard InChI is InChI=1S/C17H28N2/c1-4-13-18-17-15-10-8-7-9-14(15)11-12-16(17)19(5-2)6-3/h7-10,16-18H,4-6,11-13H2,1-3H3. The summed E-state index contributed by atoms with van der Waals surface area (Å²) in [6.45, 7) is 10.2. The summed E-state index contributed by atoms with van der Waals surface area (Å²) in [6, 6.07) is 10.1. The number of nitrogens with zero attached hydrogens (tertiary/aromatic N) is 1. The lowest BCUT2D eigenvalue weighted by atomic mass is 9.83. The molecule has 0 aliphatic heterocycles. The van der Waals surface area contributed by atoms with E-state index in [9.17, 15) is 0 Å². The first kappa shape index (κ1) is 14.5. The van der Waals surface area contributed by atoms with E-state index in [2.05, 4.69) is 55.3 Å². The molecule has 106 valence electrons. The number of likely N-dealkylation sites (N-methyl/N-ethyl adjacent to an activating group) is 1. The Labute approximate surface area is 118 Å². The Morgan fingerprint density at radius 2 is 1.89 bits per heavy atom. The van der Waals surface area contributed by atoms with Gasteiger partial charge in [-0.15, -0.1) is 0 Å². The van der Waals surface area contributed by atoms with Gasteiger partial charge >= 0.3 is 0 Å². The average molecular weight is 260 g/mol. The molecule has 1 aliphatic rings. The number of aryl methyl sites for hydroxylation is 1. The van der Waals surface area contributed by atoms with Crippen LogP contribution in [0.5, 0.6) is 0 Å². The third-order valence-corrected chi connectivity index (χ3v) is 4.38. The highest BCUT2D eigenvalue weighted by atomic mass is 15.2. The summed E-state index contributed by atoms with van der Waals surface area (Å²) < 4.78 is 0. The molecule has 1 N–H and O–H groups in total. The zero-order chi connectivity index (χ0) is 13.7. The summed E-state index contributed by atoms with van der Waals surface area (Å²) in [5.41, 5.74) is 3.07. The van der Waals surface area contributed by atoms with Crippen LogP contribution in [0.1, 0.15) is 50.8 Å². The van der Waals surface area contributed by atoms with Crippen LogP contribution in [0.4, 0.5) is 0 Å². The second-order valence-corrected chi connectivity index (χ2v) is 5.46. The Morgan fingerprint density at radius 1 is 1.16 bits per heavy atom. The van der Waals surface area contributed by atoms with Crippen LogP contribution in [-0.4, -0.2) is 30.6 Å². The molecule has 0 amide bonds. The normalized spacial score (nSPS) is 22.5. The van der Waals surface area contributed by atoms with E-state index in [1.807, 2.05) is 0 Å². The monoisotopic (exact) mass is 260 g/mol. The Kier molecular flexibility index (Phi) is 5.41. The van der Waals surface area contributed by atoms with E-state index in [4.69, 9.17) is 0 Å². The summed E-state index contributed by atoms with van der Waals surface area (Å²) in [6.07, 6.45) is 3.70.